The summed E-state index contributed by atoms with van der Waals surface area (Å²) in [7, 11) is 0. The number of nitrogens with zero attached hydrogens (tertiary/aromatic N) is 1. The highest BCUT2D eigenvalue weighted by atomic mass is 19.4. The van der Waals surface area contributed by atoms with Crippen molar-refractivity contribution in [3.8, 4) is 0 Å². The van der Waals surface area contributed by atoms with Crippen LogP contribution in [-0.2, 0) is 0 Å². The van der Waals surface area contributed by atoms with Gasteiger partial charge in [-0.3, -0.25) is 9.78 Å². The van der Waals surface area contributed by atoms with Crippen LogP contribution in [0.5, 0.6) is 0 Å². The summed E-state index contributed by atoms with van der Waals surface area (Å²) in [5.74, 6) is -0.378. The lowest BCUT2D eigenvalue weighted by atomic mass is 10.2. The van der Waals surface area contributed by atoms with Crippen molar-refractivity contribution < 1.29 is 18.0 Å². The number of alkyl halides is 3. The molecule has 0 unspecified atom stereocenters. The number of hydrogen-bond donors (Lipinski definition) is 2. The number of rotatable bonds is 7. The first-order chi connectivity index (χ1) is 9.42. The second-order valence-corrected chi connectivity index (χ2v) is 4.29. The Hall–Kier alpha value is -1.79. The highest BCUT2D eigenvalue weighted by Crippen LogP contribution is 2.21. The first-order valence-corrected chi connectivity index (χ1v) is 6.47. The van der Waals surface area contributed by atoms with Crippen molar-refractivity contribution in [2.24, 2.45) is 0 Å². The largest absolute Gasteiger partial charge is 0.389 e. The van der Waals surface area contributed by atoms with Crippen molar-refractivity contribution in [2.75, 3.05) is 18.4 Å². The van der Waals surface area contributed by atoms with E-state index in [1.807, 2.05) is 6.92 Å². The van der Waals surface area contributed by atoms with E-state index in [4.69, 9.17) is 0 Å². The van der Waals surface area contributed by atoms with Crippen molar-refractivity contribution in [2.45, 2.75) is 32.4 Å². The van der Waals surface area contributed by atoms with Gasteiger partial charge in [-0.15, -0.1) is 0 Å². The topological polar surface area (TPSA) is 54.0 Å². The molecule has 0 fully saturated rings. The average Bonchev–Trinajstić information content (AvgIpc) is 2.37. The molecule has 1 aromatic heterocycles. The molecule has 0 atom stereocenters. The molecular formula is C13H18F3N3O. The minimum Gasteiger partial charge on any atom is -0.385 e. The minimum atomic E-state index is -4.13. The second-order valence-electron chi connectivity index (χ2n) is 4.29. The summed E-state index contributed by atoms with van der Waals surface area (Å²) in [5.41, 5.74) is 1.03. The molecule has 20 heavy (non-hydrogen) atoms. The van der Waals surface area contributed by atoms with Crippen LogP contribution in [0.15, 0.2) is 18.3 Å². The number of hydrogen-bond acceptors (Lipinski definition) is 3. The molecule has 7 heteroatoms. The van der Waals surface area contributed by atoms with Gasteiger partial charge in [0.1, 0.15) is 5.69 Å². The summed E-state index contributed by atoms with van der Waals surface area (Å²) in [5, 5.41) is 5.61. The number of carbonyl (C=O) groups is 1. The van der Waals surface area contributed by atoms with Crippen molar-refractivity contribution in [3.05, 3.63) is 24.0 Å². The Morgan fingerprint density at radius 2 is 2.10 bits per heavy atom. The van der Waals surface area contributed by atoms with Gasteiger partial charge in [-0.1, -0.05) is 0 Å². The molecule has 1 rings (SSSR count). The van der Waals surface area contributed by atoms with Crippen molar-refractivity contribution in [3.63, 3.8) is 0 Å². The minimum absolute atomic E-state index is 0.00857. The number of aromatic nitrogens is 1. The van der Waals surface area contributed by atoms with E-state index >= 15 is 0 Å². The first kappa shape index (κ1) is 16.3. The zero-order chi connectivity index (χ0) is 15.0. The standard InChI is InChI=1S/C13H18F3N3O/c1-2-17-10-5-8-18-11(9-10)12(20)19-7-4-3-6-13(14,15)16/h5,8-9H,2-4,6-7H2,1H3,(H,17,18)(H,19,20). The van der Waals surface area contributed by atoms with Crippen LogP contribution in [0.25, 0.3) is 0 Å². The quantitative estimate of drug-likeness (QED) is 0.759. The van der Waals surface area contributed by atoms with Gasteiger partial charge in [0, 0.05) is 31.4 Å². The first-order valence-electron chi connectivity index (χ1n) is 6.47. The van der Waals surface area contributed by atoms with Crippen LogP contribution >= 0.6 is 0 Å². The number of carbonyl (C=O) groups excluding carboxylic acids is 1. The molecule has 1 heterocycles. The zero-order valence-electron chi connectivity index (χ0n) is 11.3. The van der Waals surface area contributed by atoms with Gasteiger partial charge in [0.05, 0.1) is 0 Å². The molecule has 0 aliphatic carbocycles. The van der Waals surface area contributed by atoms with Crippen molar-refractivity contribution >= 4 is 11.6 Å². The number of unbranched alkanes of at least 4 members (excludes halogenated alkanes) is 1. The molecule has 1 aromatic rings. The third kappa shape index (κ3) is 6.40. The van der Waals surface area contributed by atoms with Gasteiger partial charge in [-0.25, -0.2) is 0 Å². The van der Waals surface area contributed by atoms with Gasteiger partial charge < -0.3 is 10.6 Å². The van der Waals surface area contributed by atoms with E-state index in [0.717, 1.165) is 12.2 Å². The average molecular weight is 289 g/mol. The molecule has 0 aliphatic heterocycles. The smallest absolute Gasteiger partial charge is 0.385 e. The Balaban J connectivity index is 2.34. The van der Waals surface area contributed by atoms with E-state index in [1.165, 1.54) is 6.20 Å². The molecule has 2 N–H and O–H groups in total. The summed E-state index contributed by atoms with van der Waals surface area (Å²) in [4.78, 5) is 15.7. The molecule has 0 saturated carbocycles. The van der Waals surface area contributed by atoms with E-state index in [9.17, 15) is 18.0 Å². The molecule has 0 aromatic carbocycles. The van der Waals surface area contributed by atoms with Crippen LogP contribution in [0.1, 0.15) is 36.7 Å². The molecule has 0 spiro atoms. The van der Waals surface area contributed by atoms with Crippen LogP contribution in [0.4, 0.5) is 18.9 Å². The number of halogens is 3. The van der Waals surface area contributed by atoms with Crippen LogP contribution < -0.4 is 10.6 Å². The zero-order valence-corrected chi connectivity index (χ0v) is 11.3. The monoisotopic (exact) mass is 289 g/mol. The van der Waals surface area contributed by atoms with Gasteiger partial charge in [-0.05, 0) is 31.9 Å². The molecule has 0 aliphatic rings. The van der Waals surface area contributed by atoms with Crippen LogP contribution in [0.2, 0.25) is 0 Å². The normalized spacial score (nSPS) is 11.2. The molecule has 112 valence electrons. The second kappa shape index (κ2) is 7.72. The lowest BCUT2D eigenvalue weighted by Crippen LogP contribution is -2.25. The molecule has 0 radical (unpaired) electrons. The number of pyridine rings is 1. The van der Waals surface area contributed by atoms with Crippen LogP contribution in [0.3, 0.4) is 0 Å². The summed E-state index contributed by atoms with van der Waals surface area (Å²) >= 11 is 0. The van der Waals surface area contributed by atoms with Crippen LogP contribution in [-0.4, -0.2) is 30.2 Å². The SMILES string of the molecule is CCNc1ccnc(C(=O)NCCCCC(F)(F)F)c1. The summed E-state index contributed by atoms with van der Waals surface area (Å²) < 4.78 is 35.8. The van der Waals surface area contributed by atoms with Gasteiger partial charge in [0.25, 0.3) is 5.91 Å². The molecule has 4 nitrogen and oxygen atoms in total. The van der Waals surface area contributed by atoms with E-state index in [0.29, 0.717) is 0 Å². The Labute approximate surface area is 115 Å². The van der Waals surface area contributed by atoms with E-state index in [2.05, 4.69) is 15.6 Å². The van der Waals surface area contributed by atoms with E-state index in [1.54, 1.807) is 12.1 Å². The molecule has 1 amide bonds. The molecule has 0 bridgehead atoms. The Bertz CT molecular complexity index is 435. The maximum Gasteiger partial charge on any atom is 0.389 e. The Morgan fingerprint density at radius 3 is 2.75 bits per heavy atom. The van der Waals surface area contributed by atoms with Gasteiger partial charge in [-0.2, -0.15) is 13.2 Å². The Kier molecular flexibility index (Phi) is 6.27. The van der Waals surface area contributed by atoms with Gasteiger partial charge in [0.15, 0.2) is 0 Å². The lowest BCUT2D eigenvalue weighted by Gasteiger charge is -2.08. The maximum atomic E-state index is 11.9. The third-order valence-electron chi connectivity index (χ3n) is 2.55. The predicted octanol–water partition coefficient (Wildman–Crippen LogP) is 2.98. The number of amides is 1. The van der Waals surface area contributed by atoms with Crippen molar-refractivity contribution in [1.29, 1.82) is 0 Å². The van der Waals surface area contributed by atoms with Crippen LogP contribution in [0, 0.1) is 0 Å². The fourth-order valence-corrected chi connectivity index (χ4v) is 1.61. The number of nitrogens with one attached hydrogen (secondary N) is 2. The summed E-state index contributed by atoms with van der Waals surface area (Å²) in [6.45, 7) is 2.87. The van der Waals surface area contributed by atoms with Crippen molar-refractivity contribution in [1.82, 2.24) is 10.3 Å². The summed E-state index contributed by atoms with van der Waals surface area (Å²) in [6.07, 6.45) is -3.15. The number of anilines is 1. The fourth-order valence-electron chi connectivity index (χ4n) is 1.61. The third-order valence-corrected chi connectivity index (χ3v) is 2.55. The van der Waals surface area contributed by atoms with Gasteiger partial charge in [0.2, 0.25) is 0 Å². The predicted molar refractivity (Wildman–Crippen MR) is 70.6 cm³/mol. The highest BCUT2D eigenvalue weighted by molar-refractivity contribution is 5.93. The highest BCUT2D eigenvalue weighted by Gasteiger charge is 2.25. The maximum absolute atomic E-state index is 11.9. The van der Waals surface area contributed by atoms with Gasteiger partial charge >= 0.3 is 6.18 Å². The molecule has 0 saturated heterocycles. The fraction of sp³-hybridized carbons (Fsp3) is 0.538. The summed E-state index contributed by atoms with van der Waals surface area (Å²) in [6, 6.07) is 3.35. The van der Waals surface area contributed by atoms with E-state index < -0.39 is 12.6 Å². The van der Waals surface area contributed by atoms with E-state index in [-0.39, 0.29) is 31.0 Å². The molecular weight excluding hydrogens is 271 g/mol. The Morgan fingerprint density at radius 1 is 1.35 bits per heavy atom. The lowest BCUT2D eigenvalue weighted by molar-refractivity contribution is -0.135.